The fourth-order valence-corrected chi connectivity index (χ4v) is 7.34. The molecule has 0 N–H and O–H groups in total. The van der Waals surface area contributed by atoms with Gasteiger partial charge in [0.2, 0.25) is 0 Å². The summed E-state index contributed by atoms with van der Waals surface area (Å²) in [6.45, 7) is 0. The summed E-state index contributed by atoms with van der Waals surface area (Å²) in [5.41, 5.74) is 15.4. The molecule has 0 heterocycles. The Balaban J connectivity index is 1.11. The Kier molecular flexibility index (Phi) is 8.66. The van der Waals surface area contributed by atoms with Crippen LogP contribution in [-0.4, -0.2) is 0 Å². The van der Waals surface area contributed by atoms with Crippen molar-refractivity contribution in [1.29, 1.82) is 0 Å². The monoisotopic (exact) mass is 675 g/mol. The van der Waals surface area contributed by atoms with Gasteiger partial charge in [-0.3, -0.25) is 0 Å². The summed E-state index contributed by atoms with van der Waals surface area (Å²) >= 11 is 0. The average molecular weight is 676 g/mol. The van der Waals surface area contributed by atoms with Crippen molar-refractivity contribution in [2.24, 2.45) is 0 Å². The molecular weight excluding hydrogens is 639 g/mol. The molecule has 1 heteroatoms. The quantitative estimate of drug-likeness (QED) is 0.155. The third-order valence-electron chi connectivity index (χ3n) is 10.1. The summed E-state index contributed by atoms with van der Waals surface area (Å²) in [7, 11) is 0. The van der Waals surface area contributed by atoms with E-state index >= 15 is 0 Å². The summed E-state index contributed by atoms with van der Waals surface area (Å²) in [5, 5.41) is 2.51. The molecule has 250 valence electrons. The highest BCUT2D eigenvalue weighted by molar-refractivity contribution is 5.97. The Morgan fingerprint density at radius 1 is 0.226 bits per heavy atom. The van der Waals surface area contributed by atoms with E-state index in [1.54, 1.807) is 0 Å². The van der Waals surface area contributed by atoms with Crippen molar-refractivity contribution in [1.82, 2.24) is 0 Å². The molecule has 0 amide bonds. The van der Waals surface area contributed by atoms with Crippen LogP contribution in [0.5, 0.6) is 0 Å². The van der Waals surface area contributed by atoms with E-state index < -0.39 is 0 Å². The van der Waals surface area contributed by atoms with Crippen molar-refractivity contribution in [2.75, 3.05) is 4.90 Å². The lowest BCUT2D eigenvalue weighted by atomic mass is 9.93. The molecule has 0 atom stereocenters. The number of hydrogen-bond donors (Lipinski definition) is 0. The number of rotatable bonds is 8. The largest absolute Gasteiger partial charge is 0.311 e. The number of benzene rings is 9. The third kappa shape index (κ3) is 6.65. The van der Waals surface area contributed by atoms with Gasteiger partial charge in [-0.2, -0.15) is 0 Å². The lowest BCUT2D eigenvalue weighted by Gasteiger charge is -2.26. The first kappa shape index (κ1) is 32.0. The van der Waals surface area contributed by atoms with E-state index in [9.17, 15) is 0 Å². The van der Waals surface area contributed by atoms with Crippen molar-refractivity contribution in [3.05, 3.63) is 224 Å². The van der Waals surface area contributed by atoms with Crippen LogP contribution in [0.15, 0.2) is 224 Å². The van der Waals surface area contributed by atoms with E-state index in [0.717, 1.165) is 17.1 Å². The zero-order valence-electron chi connectivity index (χ0n) is 29.3. The zero-order valence-corrected chi connectivity index (χ0v) is 29.3. The number of hydrogen-bond acceptors (Lipinski definition) is 1. The van der Waals surface area contributed by atoms with E-state index in [-0.39, 0.29) is 0 Å². The Morgan fingerprint density at radius 2 is 0.566 bits per heavy atom. The van der Waals surface area contributed by atoms with Crippen LogP contribution in [0, 0.1) is 0 Å². The highest BCUT2D eigenvalue weighted by Gasteiger charge is 2.15. The van der Waals surface area contributed by atoms with Crippen LogP contribution in [0.3, 0.4) is 0 Å². The molecule has 0 fully saturated rings. The second-order valence-corrected chi connectivity index (χ2v) is 13.4. The van der Waals surface area contributed by atoms with Gasteiger partial charge in [0.05, 0.1) is 0 Å². The van der Waals surface area contributed by atoms with Crippen LogP contribution in [-0.2, 0) is 0 Å². The van der Waals surface area contributed by atoms with Gasteiger partial charge in [-0.25, -0.2) is 0 Å². The van der Waals surface area contributed by atoms with E-state index in [1.807, 2.05) is 0 Å². The first-order valence-electron chi connectivity index (χ1n) is 18.2. The first-order chi connectivity index (χ1) is 26.3. The summed E-state index contributed by atoms with van der Waals surface area (Å²) in [5.74, 6) is 0. The van der Waals surface area contributed by atoms with Crippen LogP contribution < -0.4 is 4.90 Å². The van der Waals surface area contributed by atoms with Gasteiger partial charge < -0.3 is 4.90 Å². The van der Waals surface area contributed by atoms with Crippen molar-refractivity contribution >= 4 is 27.8 Å². The van der Waals surface area contributed by atoms with Gasteiger partial charge in [0.15, 0.2) is 0 Å². The molecule has 0 bridgehead atoms. The van der Waals surface area contributed by atoms with Crippen LogP contribution in [0.25, 0.3) is 66.4 Å². The Hall–Kier alpha value is -6.96. The van der Waals surface area contributed by atoms with Crippen LogP contribution in [0.2, 0.25) is 0 Å². The van der Waals surface area contributed by atoms with Gasteiger partial charge in [0, 0.05) is 17.1 Å². The molecule has 0 aliphatic carbocycles. The minimum Gasteiger partial charge on any atom is -0.311 e. The second-order valence-electron chi connectivity index (χ2n) is 13.4. The predicted molar refractivity (Wildman–Crippen MR) is 226 cm³/mol. The fraction of sp³-hybridized carbons (Fsp3) is 0. The Labute approximate surface area is 311 Å². The molecule has 9 rings (SSSR count). The van der Waals surface area contributed by atoms with Crippen LogP contribution in [0.4, 0.5) is 17.1 Å². The Bertz CT molecular complexity index is 2550. The maximum absolute atomic E-state index is 2.35. The van der Waals surface area contributed by atoms with Crippen LogP contribution >= 0.6 is 0 Å². The van der Waals surface area contributed by atoms with E-state index in [4.69, 9.17) is 0 Å². The molecule has 0 spiro atoms. The van der Waals surface area contributed by atoms with Gasteiger partial charge in [0.25, 0.3) is 0 Å². The molecule has 0 aliphatic heterocycles. The minimum atomic E-state index is 1.10. The highest BCUT2D eigenvalue weighted by Crippen LogP contribution is 2.39. The summed E-state index contributed by atoms with van der Waals surface area (Å²) in [4.78, 5) is 2.35. The van der Waals surface area contributed by atoms with Gasteiger partial charge >= 0.3 is 0 Å². The van der Waals surface area contributed by atoms with Gasteiger partial charge in [-0.05, 0) is 121 Å². The average Bonchev–Trinajstić information content (AvgIpc) is 3.25. The molecular formula is C52H37N. The lowest BCUT2D eigenvalue weighted by Crippen LogP contribution is -2.09. The molecule has 0 saturated heterocycles. The first-order valence-corrected chi connectivity index (χ1v) is 18.2. The summed E-state index contributed by atoms with van der Waals surface area (Å²) in [6.07, 6.45) is 0. The van der Waals surface area contributed by atoms with Crippen molar-refractivity contribution in [3.63, 3.8) is 0 Å². The molecule has 9 aromatic rings. The van der Waals surface area contributed by atoms with E-state index in [2.05, 4.69) is 229 Å². The maximum Gasteiger partial charge on any atom is 0.0462 e. The summed E-state index contributed by atoms with van der Waals surface area (Å²) in [6, 6.07) is 80.8. The molecule has 1 nitrogen and oxygen atoms in total. The molecule has 9 aromatic carbocycles. The zero-order chi connectivity index (χ0) is 35.4. The third-order valence-corrected chi connectivity index (χ3v) is 10.1. The topological polar surface area (TPSA) is 3.24 Å². The van der Waals surface area contributed by atoms with E-state index in [1.165, 1.54) is 66.4 Å². The van der Waals surface area contributed by atoms with Gasteiger partial charge in [0.1, 0.15) is 0 Å². The van der Waals surface area contributed by atoms with Crippen molar-refractivity contribution in [2.45, 2.75) is 0 Å². The number of anilines is 3. The van der Waals surface area contributed by atoms with Gasteiger partial charge in [-0.1, -0.05) is 170 Å². The maximum atomic E-state index is 2.35. The van der Waals surface area contributed by atoms with Gasteiger partial charge in [-0.15, -0.1) is 0 Å². The SMILES string of the molecule is c1ccc(-c2ccc(N(c3ccc(-c4cc(-c5ccccc5)cc(-c5ccccc5)c4)cc3)c3ccc(-c4cccc5ccccc45)cc3)cc2)cc1. The lowest BCUT2D eigenvalue weighted by molar-refractivity contribution is 1.28. The smallest absolute Gasteiger partial charge is 0.0462 e. The predicted octanol–water partition coefficient (Wildman–Crippen LogP) is 14.6. The highest BCUT2D eigenvalue weighted by atomic mass is 15.1. The summed E-state index contributed by atoms with van der Waals surface area (Å²) < 4.78 is 0. The minimum absolute atomic E-state index is 1.10. The Morgan fingerprint density at radius 3 is 1.04 bits per heavy atom. The molecule has 0 radical (unpaired) electrons. The molecule has 0 aliphatic rings. The number of nitrogens with zero attached hydrogens (tertiary/aromatic N) is 1. The number of fused-ring (bicyclic) bond motifs is 1. The molecule has 0 aromatic heterocycles. The van der Waals surface area contributed by atoms with E-state index in [0.29, 0.717) is 0 Å². The molecule has 0 saturated carbocycles. The molecule has 53 heavy (non-hydrogen) atoms. The second kappa shape index (κ2) is 14.3. The normalized spacial score (nSPS) is 11.0. The fourth-order valence-electron chi connectivity index (χ4n) is 7.34. The molecule has 0 unspecified atom stereocenters. The standard InChI is InChI=1S/C52H37N/c1-4-13-38(14-5-1)41-23-29-48(30-24-41)53(50-33-27-44(28-34-50)52-22-12-20-43-19-10-11-21-51(43)52)49-31-25-42(26-32-49)47-36-45(39-15-6-2-7-16-39)35-46(37-47)40-17-8-3-9-18-40/h1-37H. The van der Waals surface area contributed by atoms with Crippen molar-refractivity contribution in [3.8, 4) is 55.6 Å². The van der Waals surface area contributed by atoms with Crippen LogP contribution in [0.1, 0.15) is 0 Å². The van der Waals surface area contributed by atoms with Crippen molar-refractivity contribution < 1.29 is 0 Å².